The van der Waals surface area contributed by atoms with Crippen molar-refractivity contribution in [3.05, 3.63) is 71.3 Å². The van der Waals surface area contributed by atoms with E-state index in [1.54, 1.807) is 12.1 Å². The van der Waals surface area contributed by atoms with Crippen molar-refractivity contribution < 1.29 is 49.1 Å². The third-order valence-electron chi connectivity index (χ3n) is 2.80. The van der Waals surface area contributed by atoms with Gasteiger partial charge in [0.15, 0.2) is 0 Å². The molecule has 0 heterocycles. The molecule has 2 N–H and O–H groups in total. The van der Waals surface area contributed by atoms with Crippen molar-refractivity contribution in [2.45, 2.75) is 11.9 Å². The zero-order valence-electron chi connectivity index (χ0n) is 12.1. The first-order valence-electron chi connectivity index (χ1n) is 5.74. The maximum atomic E-state index is 10.8. The maximum Gasteiger partial charge on any atom is 1.00 e. The van der Waals surface area contributed by atoms with E-state index in [4.69, 9.17) is 4.55 Å². The van der Waals surface area contributed by atoms with Crippen LogP contribution in [0.1, 0.15) is 23.6 Å². The van der Waals surface area contributed by atoms with Gasteiger partial charge in [0, 0.05) is 0 Å². The van der Waals surface area contributed by atoms with Crippen molar-refractivity contribution in [3.8, 4) is 0 Å². The topological polar surface area (TPSA) is 74.6 Å². The SMILES string of the molecule is O=S(=O)(O)C(O)c1ccc(Cc2ccccc2)cc1.[H-].[Na+]. The molecule has 0 fully saturated rings. The predicted octanol–water partition coefficient (Wildman–Crippen LogP) is -0.727. The van der Waals surface area contributed by atoms with Gasteiger partial charge in [-0.25, -0.2) is 0 Å². The average Bonchev–Trinajstić information content (AvgIpc) is 2.39. The minimum atomic E-state index is -4.47. The van der Waals surface area contributed by atoms with Gasteiger partial charge < -0.3 is 6.53 Å². The smallest absolute Gasteiger partial charge is 1.00 e. The average molecular weight is 302 g/mol. The van der Waals surface area contributed by atoms with E-state index in [9.17, 15) is 13.5 Å². The zero-order valence-corrected chi connectivity index (χ0v) is 13.9. The van der Waals surface area contributed by atoms with Gasteiger partial charge in [-0.3, -0.25) is 4.55 Å². The van der Waals surface area contributed by atoms with E-state index >= 15 is 0 Å². The van der Waals surface area contributed by atoms with E-state index in [1.165, 1.54) is 12.1 Å². The molecule has 0 aromatic heterocycles. The van der Waals surface area contributed by atoms with Crippen LogP contribution in [0.3, 0.4) is 0 Å². The maximum absolute atomic E-state index is 10.8. The van der Waals surface area contributed by atoms with E-state index < -0.39 is 15.6 Å². The van der Waals surface area contributed by atoms with Gasteiger partial charge in [-0.05, 0) is 23.1 Å². The summed E-state index contributed by atoms with van der Waals surface area (Å²) < 4.78 is 30.4. The van der Waals surface area contributed by atoms with Crippen LogP contribution >= 0.6 is 0 Å². The van der Waals surface area contributed by atoms with E-state index in [0.29, 0.717) is 0 Å². The molecule has 4 nitrogen and oxygen atoms in total. The fourth-order valence-electron chi connectivity index (χ4n) is 1.80. The van der Waals surface area contributed by atoms with Crippen LogP contribution in [0.2, 0.25) is 0 Å². The fourth-order valence-corrected chi connectivity index (χ4v) is 2.30. The molecule has 2 rings (SSSR count). The monoisotopic (exact) mass is 302 g/mol. The molecular formula is C14H15NaO4S. The van der Waals surface area contributed by atoms with E-state index in [2.05, 4.69) is 0 Å². The van der Waals surface area contributed by atoms with Crippen molar-refractivity contribution in [1.29, 1.82) is 0 Å². The quantitative estimate of drug-likeness (QED) is 0.577. The van der Waals surface area contributed by atoms with Gasteiger partial charge in [-0.15, -0.1) is 0 Å². The van der Waals surface area contributed by atoms with Gasteiger partial charge in [0.2, 0.25) is 5.44 Å². The number of aliphatic hydroxyl groups excluding tert-OH is 1. The third-order valence-corrected chi connectivity index (χ3v) is 3.63. The summed E-state index contributed by atoms with van der Waals surface area (Å²) >= 11 is 0. The fraction of sp³-hybridized carbons (Fsp3) is 0.143. The Balaban J connectivity index is 0.00000200. The molecule has 0 spiro atoms. The largest absolute Gasteiger partial charge is 1.00 e. The Morgan fingerprint density at radius 1 is 0.950 bits per heavy atom. The van der Waals surface area contributed by atoms with Crippen molar-refractivity contribution in [2.24, 2.45) is 0 Å². The first-order valence-corrected chi connectivity index (χ1v) is 7.24. The minimum Gasteiger partial charge on any atom is -1.00 e. The van der Waals surface area contributed by atoms with E-state index in [0.717, 1.165) is 17.5 Å². The van der Waals surface area contributed by atoms with Crippen LogP contribution in [-0.4, -0.2) is 18.1 Å². The van der Waals surface area contributed by atoms with E-state index in [-0.39, 0.29) is 36.5 Å². The van der Waals surface area contributed by atoms with Gasteiger partial charge in [-0.1, -0.05) is 54.6 Å². The van der Waals surface area contributed by atoms with Crippen molar-refractivity contribution in [1.82, 2.24) is 0 Å². The van der Waals surface area contributed by atoms with Crippen LogP contribution in [0, 0.1) is 0 Å². The summed E-state index contributed by atoms with van der Waals surface area (Å²) in [6.07, 6.45) is 0.725. The van der Waals surface area contributed by atoms with Crippen molar-refractivity contribution in [2.75, 3.05) is 0 Å². The third kappa shape index (κ3) is 4.70. The molecule has 0 aliphatic rings. The number of hydrogen-bond acceptors (Lipinski definition) is 3. The number of benzene rings is 2. The molecular weight excluding hydrogens is 287 g/mol. The van der Waals surface area contributed by atoms with Crippen LogP contribution in [0.4, 0.5) is 0 Å². The molecule has 2 aromatic carbocycles. The van der Waals surface area contributed by atoms with Gasteiger partial charge in [0.25, 0.3) is 10.1 Å². The summed E-state index contributed by atoms with van der Waals surface area (Å²) in [7, 11) is -4.47. The van der Waals surface area contributed by atoms with E-state index in [1.807, 2.05) is 30.3 Å². The summed E-state index contributed by atoms with van der Waals surface area (Å²) in [5.74, 6) is 0. The Morgan fingerprint density at radius 3 is 1.95 bits per heavy atom. The second kappa shape index (κ2) is 7.36. The zero-order chi connectivity index (χ0) is 13.9. The molecule has 102 valence electrons. The summed E-state index contributed by atoms with van der Waals surface area (Å²) in [6.45, 7) is 0. The molecule has 0 aliphatic heterocycles. The molecule has 1 atom stereocenters. The Morgan fingerprint density at radius 2 is 1.45 bits per heavy atom. The molecule has 1 unspecified atom stereocenters. The molecule has 0 saturated heterocycles. The van der Waals surface area contributed by atoms with Crippen LogP contribution in [0.15, 0.2) is 54.6 Å². The number of aliphatic hydroxyl groups is 1. The normalized spacial score (nSPS) is 12.5. The van der Waals surface area contributed by atoms with Crippen molar-refractivity contribution >= 4 is 10.1 Å². The second-order valence-corrected chi connectivity index (χ2v) is 5.75. The summed E-state index contributed by atoms with van der Waals surface area (Å²) in [6, 6.07) is 16.3. The molecule has 2 aromatic rings. The van der Waals surface area contributed by atoms with Crippen LogP contribution in [-0.2, 0) is 16.5 Å². The molecule has 6 heteroatoms. The second-order valence-electron chi connectivity index (χ2n) is 4.27. The Kier molecular flexibility index (Phi) is 6.39. The van der Waals surface area contributed by atoms with Crippen LogP contribution < -0.4 is 29.6 Å². The van der Waals surface area contributed by atoms with Gasteiger partial charge >= 0.3 is 29.6 Å². The van der Waals surface area contributed by atoms with Gasteiger partial charge in [0.05, 0.1) is 0 Å². The Hall–Kier alpha value is -0.690. The summed E-state index contributed by atoms with van der Waals surface area (Å²) in [5.41, 5.74) is 0.403. The van der Waals surface area contributed by atoms with Crippen molar-refractivity contribution in [3.63, 3.8) is 0 Å². The predicted molar refractivity (Wildman–Crippen MR) is 73.3 cm³/mol. The molecule has 0 radical (unpaired) electrons. The molecule has 20 heavy (non-hydrogen) atoms. The summed E-state index contributed by atoms with van der Waals surface area (Å²) in [5, 5.41) is 9.40. The van der Waals surface area contributed by atoms with Crippen LogP contribution in [0.25, 0.3) is 0 Å². The minimum absolute atomic E-state index is 0. The summed E-state index contributed by atoms with van der Waals surface area (Å²) in [4.78, 5) is 0. The number of hydrogen-bond donors (Lipinski definition) is 2. The molecule has 0 amide bonds. The Labute approximate surface area is 142 Å². The van der Waals surface area contributed by atoms with Crippen LogP contribution in [0.5, 0.6) is 0 Å². The first-order chi connectivity index (χ1) is 8.97. The molecule has 0 bridgehead atoms. The number of rotatable bonds is 4. The molecule has 0 saturated carbocycles. The Bertz CT molecular complexity index is 644. The standard InChI is InChI=1S/C14H14O4S.Na.H/c15-14(19(16,17)18)13-8-6-12(7-9-13)10-11-4-2-1-3-5-11;;/h1-9,14-15H,10H2,(H,16,17,18);;/q;+1;-1. The first kappa shape index (κ1) is 17.4. The molecule has 0 aliphatic carbocycles. The van der Waals surface area contributed by atoms with Gasteiger partial charge in [-0.2, -0.15) is 8.42 Å². The van der Waals surface area contributed by atoms with Gasteiger partial charge in [0.1, 0.15) is 0 Å².